The van der Waals surface area contributed by atoms with E-state index >= 15 is 0 Å². The van der Waals surface area contributed by atoms with Crippen LogP contribution in [0.25, 0.3) is 67.3 Å². The first-order valence-electron chi connectivity index (χ1n) is 41.0. The van der Waals surface area contributed by atoms with Crippen molar-refractivity contribution in [1.82, 2.24) is 75.4 Å². The highest BCUT2D eigenvalue weighted by Gasteiger charge is 2.43. The van der Waals surface area contributed by atoms with Crippen LogP contribution in [0.2, 0.25) is 0 Å². The average molecular weight is 1650 g/mol. The number of methoxy groups -OCH3 is 3. The van der Waals surface area contributed by atoms with Crippen LogP contribution in [0.1, 0.15) is 204 Å². The number of carbonyl (C=O) groups excluding carboxylic acids is 7. The number of aromatic amines is 4. The lowest BCUT2D eigenvalue weighted by molar-refractivity contribution is -0.140. The summed E-state index contributed by atoms with van der Waals surface area (Å²) < 4.78 is 50.8. The maximum Gasteiger partial charge on any atom is 0.410 e. The summed E-state index contributed by atoms with van der Waals surface area (Å²) in [6.07, 6.45) is 11.2. The molecule has 16 rings (SSSR count). The highest BCUT2D eigenvalue weighted by molar-refractivity contribution is 5.92. The maximum absolute atomic E-state index is 13.7. The van der Waals surface area contributed by atoms with Gasteiger partial charge in [-0.3, -0.25) is 19.4 Å². The first kappa shape index (κ1) is 84.1. The van der Waals surface area contributed by atoms with Gasteiger partial charge in [0, 0.05) is 92.9 Å². The van der Waals surface area contributed by atoms with Crippen molar-refractivity contribution in [2.24, 2.45) is 17.8 Å². The average Bonchev–Trinajstić information content (AvgIpc) is 0.984. The Balaban J connectivity index is 0.000000174. The molecular formula is C87H107N15O18. The number of aliphatic carboxylic acids is 1. The molecule has 0 spiro atoms. The summed E-state index contributed by atoms with van der Waals surface area (Å²) >= 11 is 0. The van der Waals surface area contributed by atoms with Gasteiger partial charge in [0.25, 0.3) is 0 Å². The Hall–Kier alpha value is -12.3. The Bertz CT molecular complexity index is 4820. The Labute approximate surface area is 695 Å². The van der Waals surface area contributed by atoms with E-state index in [0.717, 1.165) is 176 Å². The van der Waals surface area contributed by atoms with E-state index in [2.05, 4.69) is 77.0 Å². The van der Waals surface area contributed by atoms with Crippen molar-refractivity contribution in [3.63, 3.8) is 0 Å². The summed E-state index contributed by atoms with van der Waals surface area (Å²) in [4.78, 5) is 138. The number of rotatable bonds is 17. The fourth-order valence-corrected chi connectivity index (χ4v) is 16.9. The van der Waals surface area contributed by atoms with E-state index in [1.165, 1.54) is 21.3 Å². The van der Waals surface area contributed by atoms with Crippen molar-refractivity contribution >= 4 is 48.2 Å². The number of amides is 7. The number of likely N-dealkylation sites (tertiary alicyclic amines) is 4. The number of H-pyrrole nitrogens is 4. The van der Waals surface area contributed by atoms with E-state index in [-0.39, 0.29) is 65.9 Å². The van der Waals surface area contributed by atoms with Crippen LogP contribution in [0.15, 0.2) is 73.3 Å². The second-order valence-electron chi connectivity index (χ2n) is 34.4. The Kier molecular flexibility index (Phi) is 24.2. The van der Waals surface area contributed by atoms with Crippen molar-refractivity contribution in [1.29, 1.82) is 0 Å². The number of aromatic nitrogens is 8. The second kappa shape index (κ2) is 34.6. The maximum atomic E-state index is 13.7. The molecule has 8 aliphatic rings. The predicted molar refractivity (Wildman–Crippen MR) is 439 cm³/mol. The van der Waals surface area contributed by atoms with E-state index in [9.17, 15) is 38.4 Å². The monoisotopic (exact) mass is 1650 g/mol. The molecule has 0 saturated carbocycles. The van der Waals surface area contributed by atoms with Crippen LogP contribution in [0.5, 0.6) is 23.0 Å². The van der Waals surface area contributed by atoms with Crippen LogP contribution in [0.4, 0.5) is 24.0 Å². The van der Waals surface area contributed by atoms with Gasteiger partial charge in [-0.2, -0.15) is 0 Å². The van der Waals surface area contributed by atoms with Crippen molar-refractivity contribution in [2.75, 3.05) is 47.5 Å². The molecule has 7 atom stereocenters. The van der Waals surface area contributed by atoms with Crippen LogP contribution in [-0.2, 0) is 64.5 Å². The van der Waals surface area contributed by atoms with Gasteiger partial charge < -0.3 is 93.4 Å². The quantitative estimate of drug-likeness (QED) is 0.0393. The highest BCUT2D eigenvalue weighted by atomic mass is 16.6. The number of carboxylic acids is 1. The summed E-state index contributed by atoms with van der Waals surface area (Å²) in [5.41, 5.74) is 14.1. The molecule has 0 unspecified atom stereocenters. The van der Waals surface area contributed by atoms with E-state index in [0.29, 0.717) is 64.3 Å². The van der Waals surface area contributed by atoms with E-state index < -0.39 is 53.6 Å². The van der Waals surface area contributed by atoms with Gasteiger partial charge in [-0.15, -0.1) is 0 Å². The number of nitrogens with one attached hydrogen (secondary N) is 7. The molecule has 7 amide bonds. The van der Waals surface area contributed by atoms with Gasteiger partial charge in [-0.05, 0) is 159 Å². The lowest BCUT2D eigenvalue weighted by atomic mass is 9.87. The lowest BCUT2D eigenvalue weighted by Crippen LogP contribution is -2.51. The summed E-state index contributed by atoms with van der Waals surface area (Å²) in [5, 5.41) is 16.2. The SMILES string of the molecule is CC(C)(C)OC(=O)N1CCC[C@H]1c1ncc(-c2cc3c4c(c2)OCc2cc(-c5cnc([C@@H]6CCCN6C(=O)OC(C)(C)C)[nH]5)cc(c2-4)OC3)[nH]1.COC(=O)N[C@H](C(=O)N1CCC[C@H]1c1ncc(-c2cc3c4c(c2)OCc2cc(-c5cnc([C@@H]6CCCN6C(=O)[C@@H](NC(=O)OC)C(C)C)[nH]5)cc(c2-4)OC3)[nH]1)C(C)C.COC(=O)N[C@H](C(=O)O)C(C)C. The van der Waals surface area contributed by atoms with Crippen molar-refractivity contribution in [3.05, 3.63) is 119 Å². The molecule has 638 valence electrons. The van der Waals surface area contributed by atoms with Gasteiger partial charge >= 0.3 is 36.4 Å². The number of alkyl carbamates (subject to hydrolysis) is 3. The number of hydrogen-bond donors (Lipinski definition) is 8. The number of imidazole rings is 4. The summed E-state index contributed by atoms with van der Waals surface area (Å²) in [6, 6.07) is 13.5. The zero-order valence-corrected chi connectivity index (χ0v) is 70.5. The third-order valence-electron chi connectivity index (χ3n) is 22.7. The minimum atomic E-state index is -1.06. The Morgan fingerprint density at radius 2 is 0.650 bits per heavy atom. The van der Waals surface area contributed by atoms with Gasteiger partial charge in [-0.25, -0.2) is 48.7 Å². The van der Waals surface area contributed by atoms with Gasteiger partial charge in [0.1, 0.15) is 102 Å². The minimum Gasteiger partial charge on any atom is -0.488 e. The van der Waals surface area contributed by atoms with Gasteiger partial charge in [0.15, 0.2) is 0 Å². The van der Waals surface area contributed by atoms with Crippen LogP contribution < -0.4 is 34.9 Å². The van der Waals surface area contributed by atoms with E-state index in [4.69, 9.17) is 62.9 Å². The van der Waals surface area contributed by atoms with Gasteiger partial charge in [0.05, 0.1) is 93.1 Å². The number of carboxylic acid groups (broad SMARTS) is 1. The fraction of sp³-hybridized carbons (Fsp3) is 0.494. The third-order valence-corrected chi connectivity index (χ3v) is 22.7. The first-order chi connectivity index (χ1) is 57.2. The predicted octanol–water partition coefficient (Wildman–Crippen LogP) is 14.5. The van der Waals surface area contributed by atoms with Crippen LogP contribution in [-0.4, -0.2) is 190 Å². The molecule has 8 aromatic rings. The molecule has 33 heteroatoms. The lowest BCUT2D eigenvalue weighted by Gasteiger charge is -2.30. The van der Waals surface area contributed by atoms with E-state index in [1.54, 1.807) is 45.8 Å². The second-order valence-corrected chi connectivity index (χ2v) is 34.4. The zero-order valence-electron chi connectivity index (χ0n) is 70.5. The molecular weight excluding hydrogens is 1540 g/mol. The van der Waals surface area contributed by atoms with Crippen molar-refractivity contribution < 1.29 is 86.1 Å². The van der Waals surface area contributed by atoms with Crippen molar-refractivity contribution in [2.45, 2.75) is 214 Å². The smallest absolute Gasteiger partial charge is 0.410 e. The Morgan fingerprint density at radius 3 is 0.892 bits per heavy atom. The molecule has 8 aliphatic heterocycles. The molecule has 33 nitrogen and oxygen atoms in total. The molecule has 4 saturated heterocycles. The number of hydrogen-bond acceptors (Lipinski definition) is 21. The Morgan fingerprint density at radius 1 is 0.400 bits per heavy atom. The summed E-state index contributed by atoms with van der Waals surface area (Å²) in [7, 11) is 3.76. The fourth-order valence-electron chi connectivity index (χ4n) is 16.9. The number of carbonyl (C=O) groups is 8. The summed E-state index contributed by atoms with van der Waals surface area (Å²) in [6.45, 7) is 26.2. The van der Waals surface area contributed by atoms with Crippen LogP contribution in [0, 0.1) is 17.8 Å². The standard InChI is InChI=1S/C42H50N8O8.C38H44N6O6.C7H13NO4/c1-21(2)35(47-41(53)55-5)39(51)49-11-7-9-29(49)37-43-17-27(45-37)23-13-25-19-58-32-16-24(14-26-20-57-31(15-23)33(25)34(26)32)28-18-44-38(46-28)30-10-8-12-50(30)40(52)36(22(3)4)48-42(54)56-6;1-37(2,3)49-35(45)43-11-7-9-27(43)33-39-17-25(41-33)21-13-23-19-48-30-16-22(14-24-20-47-29(15-21)31(23)32(24)30)26-18-40-34(42-26)28-10-8-12-44(28)36(46)50-38(4,5)6;1-4(2)5(6(9)10)8-7(11)12-3/h13-18,21-22,29-30,35-36H,7-12,19-20H2,1-6H3,(H,43,45)(H,44,46)(H,47,53)(H,48,54);13-18,27-28H,7-12,19-20H2,1-6H3,(H,39,41)(H,40,42);4-5H,1-3H3,(H,8,11)(H,9,10)/t29-,30-,35-,36-;27-,28-;5-/m000/s1. The van der Waals surface area contributed by atoms with Gasteiger partial charge in [0.2, 0.25) is 11.8 Å². The molecule has 4 aromatic heterocycles. The molecule has 0 aliphatic carbocycles. The summed E-state index contributed by atoms with van der Waals surface area (Å²) in [5.74, 6) is 4.22. The molecule has 8 N–H and O–H groups in total. The van der Waals surface area contributed by atoms with Crippen molar-refractivity contribution in [3.8, 4) is 90.3 Å². The highest BCUT2D eigenvalue weighted by Crippen LogP contribution is 2.54. The first-order valence-corrected chi connectivity index (χ1v) is 41.0. The minimum absolute atomic E-state index is 0.125. The van der Waals surface area contributed by atoms with Crippen LogP contribution in [0.3, 0.4) is 0 Å². The molecule has 12 heterocycles. The molecule has 0 radical (unpaired) electrons. The molecule has 4 aromatic carbocycles. The number of benzene rings is 4. The molecule has 120 heavy (non-hydrogen) atoms. The van der Waals surface area contributed by atoms with Gasteiger partial charge in [-0.1, -0.05) is 41.5 Å². The van der Waals surface area contributed by atoms with E-state index in [1.807, 2.05) is 93.8 Å². The molecule has 0 bridgehead atoms. The third kappa shape index (κ3) is 17.7. The van der Waals surface area contributed by atoms with Crippen LogP contribution >= 0.6 is 0 Å². The molecule has 4 fully saturated rings. The number of nitrogens with zero attached hydrogens (tertiary/aromatic N) is 8. The normalized spacial score (nSPS) is 18.6. The number of ether oxygens (including phenoxy) is 9. The largest absolute Gasteiger partial charge is 0.488 e. The topological polar surface area (TPSA) is 404 Å². The zero-order chi connectivity index (χ0) is 85.5.